The van der Waals surface area contributed by atoms with Gasteiger partial charge in [0.2, 0.25) is 6.39 Å². The number of rotatable bonds is 2. The first-order valence-electron chi connectivity index (χ1n) is 6.43. The third-order valence-corrected chi connectivity index (χ3v) is 4.12. The van der Waals surface area contributed by atoms with E-state index in [0.29, 0.717) is 22.5 Å². The molecule has 1 aliphatic heterocycles. The Hall–Kier alpha value is -1.70. The number of hydrogen-bond donors (Lipinski definition) is 0. The molecule has 3 rings (SSSR count). The molecule has 106 valence electrons. The Morgan fingerprint density at radius 1 is 1.50 bits per heavy atom. The minimum absolute atomic E-state index is 0.0635. The second-order valence-corrected chi connectivity index (χ2v) is 5.62. The van der Waals surface area contributed by atoms with Crippen LogP contribution in [0.5, 0.6) is 0 Å². The molecule has 3 heterocycles. The number of piperidine rings is 1. The summed E-state index contributed by atoms with van der Waals surface area (Å²) in [5.74, 6) is 0.503. The van der Waals surface area contributed by atoms with Gasteiger partial charge in [-0.05, 0) is 35.2 Å². The first-order valence-corrected chi connectivity index (χ1v) is 7.22. The van der Waals surface area contributed by atoms with Crippen molar-refractivity contribution in [2.75, 3.05) is 6.54 Å². The molecule has 0 N–H and O–H groups in total. The molecule has 0 aromatic carbocycles. The lowest BCUT2D eigenvalue weighted by molar-refractivity contribution is 0.0584. The number of nitrogens with zero attached hydrogens (tertiary/aromatic N) is 5. The van der Waals surface area contributed by atoms with E-state index in [4.69, 9.17) is 4.52 Å². The first kappa shape index (κ1) is 13.3. The lowest BCUT2D eigenvalue weighted by atomic mass is 10.0. The smallest absolute Gasteiger partial charge is 0.273 e. The maximum atomic E-state index is 12.8. The maximum Gasteiger partial charge on any atom is 0.273 e. The molecule has 1 fully saturated rings. The highest BCUT2D eigenvalue weighted by Crippen LogP contribution is 2.31. The number of aromatic nitrogens is 4. The van der Waals surface area contributed by atoms with Gasteiger partial charge in [0, 0.05) is 13.6 Å². The average Bonchev–Trinajstić information content (AvgIpc) is 3.09. The Morgan fingerprint density at radius 3 is 3.00 bits per heavy atom. The van der Waals surface area contributed by atoms with Crippen molar-refractivity contribution in [1.29, 1.82) is 0 Å². The van der Waals surface area contributed by atoms with Gasteiger partial charge in [-0.25, -0.2) is 0 Å². The van der Waals surface area contributed by atoms with Gasteiger partial charge in [-0.15, -0.1) is 0 Å². The van der Waals surface area contributed by atoms with Crippen molar-refractivity contribution in [2.45, 2.75) is 25.3 Å². The molecule has 1 atom stereocenters. The molecule has 0 spiro atoms. The van der Waals surface area contributed by atoms with E-state index < -0.39 is 0 Å². The molecule has 2 aromatic rings. The van der Waals surface area contributed by atoms with E-state index in [1.165, 1.54) is 6.39 Å². The zero-order valence-corrected chi connectivity index (χ0v) is 12.6. The topological polar surface area (TPSA) is 77.0 Å². The van der Waals surface area contributed by atoms with Crippen molar-refractivity contribution in [3.05, 3.63) is 28.6 Å². The molecule has 1 saturated heterocycles. The summed E-state index contributed by atoms with van der Waals surface area (Å²) in [6.45, 7) is 0.690. The second-order valence-electron chi connectivity index (χ2n) is 4.76. The summed E-state index contributed by atoms with van der Waals surface area (Å²) in [4.78, 5) is 18.7. The number of likely N-dealkylation sites (tertiary alicyclic amines) is 1. The largest absolute Gasteiger partial charge is 0.343 e. The number of halogens is 1. The Balaban J connectivity index is 1.92. The molecule has 1 unspecified atom stereocenters. The van der Waals surface area contributed by atoms with E-state index in [0.717, 1.165) is 19.3 Å². The Morgan fingerprint density at radius 2 is 2.35 bits per heavy atom. The fraction of sp³-hybridized carbons (Fsp3) is 0.500. The summed E-state index contributed by atoms with van der Waals surface area (Å²) < 4.78 is 7.08. The van der Waals surface area contributed by atoms with Crippen LogP contribution in [0.3, 0.4) is 0 Å². The van der Waals surface area contributed by atoms with Crippen molar-refractivity contribution in [1.82, 2.24) is 24.8 Å². The van der Waals surface area contributed by atoms with Crippen LogP contribution in [0.2, 0.25) is 0 Å². The molecule has 20 heavy (non-hydrogen) atoms. The van der Waals surface area contributed by atoms with Crippen molar-refractivity contribution < 1.29 is 9.32 Å². The molecule has 0 saturated carbocycles. The van der Waals surface area contributed by atoms with Gasteiger partial charge in [-0.1, -0.05) is 5.16 Å². The molecular formula is C12H14BrN5O2. The lowest BCUT2D eigenvalue weighted by Crippen LogP contribution is -2.40. The molecule has 2 aromatic heterocycles. The highest BCUT2D eigenvalue weighted by molar-refractivity contribution is 9.10. The van der Waals surface area contributed by atoms with Gasteiger partial charge in [-0.3, -0.25) is 9.48 Å². The Kier molecular flexibility index (Phi) is 3.56. The molecule has 1 amide bonds. The van der Waals surface area contributed by atoms with Crippen LogP contribution in [0.1, 0.15) is 41.6 Å². The number of carbonyl (C=O) groups excluding carboxylic acids is 1. The van der Waals surface area contributed by atoms with Gasteiger partial charge in [0.1, 0.15) is 5.69 Å². The molecule has 0 bridgehead atoms. The summed E-state index contributed by atoms with van der Waals surface area (Å²) in [7, 11) is 1.76. The van der Waals surface area contributed by atoms with E-state index in [9.17, 15) is 4.79 Å². The quantitative estimate of drug-likeness (QED) is 0.835. The zero-order valence-electron chi connectivity index (χ0n) is 11.0. The van der Waals surface area contributed by atoms with Gasteiger partial charge in [0.25, 0.3) is 5.91 Å². The maximum absolute atomic E-state index is 12.8. The van der Waals surface area contributed by atoms with Crippen LogP contribution in [0, 0.1) is 0 Å². The molecule has 0 aliphatic carbocycles. The number of hydrogen-bond acceptors (Lipinski definition) is 5. The van der Waals surface area contributed by atoms with E-state index >= 15 is 0 Å². The fourth-order valence-corrected chi connectivity index (χ4v) is 3.07. The fourth-order valence-electron chi connectivity index (χ4n) is 2.56. The van der Waals surface area contributed by atoms with Gasteiger partial charge in [0.05, 0.1) is 16.7 Å². The highest BCUT2D eigenvalue weighted by atomic mass is 79.9. The van der Waals surface area contributed by atoms with Crippen molar-refractivity contribution in [3.63, 3.8) is 0 Å². The van der Waals surface area contributed by atoms with E-state index in [2.05, 4.69) is 31.2 Å². The highest BCUT2D eigenvalue weighted by Gasteiger charge is 2.33. The predicted octanol–water partition coefficient (Wildman–Crippen LogP) is 1.93. The molecule has 8 heteroatoms. The summed E-state index contributed by atoms with van der Waals surface area (Å²) in [5, 5.41) is 7.98. The summed E-state index contributed by atoms with van der Waals surface area (Å²) >= 11 is 3.37. The first-order chi connectivity index (χ1) is 9.68. The number of aryl methyl sites for hydroxylation is 1. The van der Waals surface area contributed by atoms with Crippen molar-refractivity contribution in [3.8, 4) is 0 Å². The molecular weight excluding hydrogens is 326 g/mol. The minimum Gasteiger partial charge on any atom is -0.343 e. The Labute approximate surface area is 124 Å². The van der Waals surface area contributed by atoms with Crippen molar-refractivity contribution in [2.24, 2.45) is 7.05 Å². The number of carbonyl (C=O) groups is 1. The third-order valence-electron chi connectivity index (χ3n) is 3.54. The second kappa shape index (κ2) is 5.35. The van der Waals surface area contributed by atoms with Crippen molar-refractivity contribution >= 4 is 21.8 Å². The molecule has 0 radical (unpaired) electrons. The Bertz CT molecular complexity index is 590. The minimum atomic E-state index is -0.128. The molecule has 7 nitrogen and oxygen atoms in total. The van der Waals surface area contributed by atoms with Gasteiger partial charge in [-0.2, -0.15) is 10.1 Å². The summed E-state index contributed by atoms with van der Waals surface area (Å²) in [6, 6.07) is -0.128. The van der Waals surface area contributed by atoms with Crippen LogP contribution in [0.25, 0.3) is 0 Å². The standard InChI is InChI=1S/C12H14BrN5O2/c1-17-10(8(13)6-15-17)12(19)18-5-3-2-4-9(18)11-14-7-20-16-11/h6-7,9H,2-5H2,1H3. The van der Waals surface area contributed by atoms with Gasteiger partial charge < -0.3 is 9.42 Å². The lowest BCUT2D eigenvalue weighted by Gasteiger charge is -2.33. The van der Waals surface area contributed by atoms with Crippen LogP contribution in [-0.4, -0.2) is 37.3 Å². The van der Waals surface area contributed by atoms with Gasteiger partial charge >= 0.3 is 0 Å². The van der Waals surface area contributed by atoms with E-state index in [-0.39, 0.29) is 11.9 Å². The normalized spacial score (nSPS) is 19.3. The van der Waals surface area contributed by atoms with Crippen LogP contribution >= 0.6 is 15.9 Å². The van der Waals surface area contributed by atoms with Crippen LogP contribution in [0.4, 0.5) is 0 Å². The SMILES string of the molecule is Cn1ncc(Br)c1C(=O)N1CCCCC1c1ncon1. The third kappa shape index (κ3) is 2.24. The van der Waals surface area contributed by atoms with E-state index in [1.807, 2.05) is 0 Å². The summed E-state index contributed by atoms with van der Waals surface area (Å²) in [5.41, 5.74) is 0.542. The average molecular weight is 340 g/mol. The number of amides is 1. The predicted molar refractivity (Wildman–Crippen MR) is 72.8 cm³/mol. The monoisotopic (exact) mass is 339 g/mol. The molecule has 1 aliphatic rings. The van der Waals surface area contributed by atoms with Crippen LogP contribution in [-0.2, 0) is 7.05 Å². The van der Waals surface area contributed by atoms with E-state index in [1.54, 1.807) is 22.8 Å². The van der Waals surface area contributed by atoms with Gasteiger partial charge in [0.15, 0.2) is 5.82 Å². The van der Waals surface area contributed by atoms with Crippen LogP contribution < -0.4 is 0 Å². The zero-order chi connectivity index (χ0) is 14.1. The summed E-state index contributed by atoms with van der Waals surface area (Å²) in [6.07, 6.45) is 5.80. The van der Waals surface area contributed by atoms with Crippen LogP contribution in [0.15, 0.2) is 21.6 Å².